The largest absolute Gasteiger partial charge is 0.462 e. The fraction of sp³-hybridized carbons (Fsp3) is 0.0952. The second-order valence-corrected chi connectivity index (χ2v) is 7.20. The lowest BCUT2D eigenvalue weighted by molar-refractivity contribution is 0.0526. The number of esters is 1. The van der Waals surface area contributed by atoms with Crippen molar-refractivity contribution >= 4 is 16.9 Å². The van der Waals surface area contributed by atoms with E-state index in [2.05, 4.69) is 48.5 Å². The zero-order valence-corrected chi connectivity index (χ0v) is 14.3. The molecule has 120 valence electrons. The third kappa shape index (κ3) is 3.69. The minimum absolute atomic E-state index is 0.192. The van der Waals surface area contributed by atoms with Crippen molar-refractivity contribution in [2.45, 2.75) is 21.6 Å². The first-order valence-corrected chi connectivity index (χ1v) is 9.13. The highest BCUT2D eigenvalue weighted by Gasteiger charge is 2.28. The molecule has 0 unspecified atom stereocenters. The van der Waals surface area contributed by atoms with E-state index in [0.717, 1.165) is 0 Å². The molecule has 0 spiro atoms. The highest BCUT2D eigenvalue weighted by Crippen LogP contribution is 2.31. The molecule has 0 aliphatic carbocycles. The van der Waals surface area contributed by atoms with Gasteiger partial charge in [-0.3, -0.25) is 0 Å². The summed E-state index contributed by atoms with van der Waals surface area (Å²) in [6.07, 6.45) is 0. The smallest absolute Gasteiger partial charge is 0.338 e. The van der Waals surface area contributed by atoms with Gasteiger partial charge in [0.1, 0.15) is 0 Å². The number of hydrogen-bond donors (Lipinski definition) is 0. The third-order valence-corrected chi connectivity index (χ3v) is 5.79. The second-order valence-electron chi connectivity index (χ2n) is 5.18. The van der Waals surface area contributed by atoms with Crippen LogP contribution in [0.5, 0.6) is 0 Å². The summed E-state index contributed by atoms with van der Waals surface area (Å²) < 4.78 is 5.06. The van der Waals surface area contributed by atoms with Gasteiger partial charge in [0.2, 0.25) is 0 Å². The number of carbonyl (C=O) groups excluding carboxylic acids is 1. The van der Waals surface area contributed by atoms with Crippen molar-refractivity contribution in [3.8, 4) is 0 Å². The Bertz CT molecular complexity index is 744. The fourth-order valence-corrected chi connectivity index (χ4v) is 4.55. The lowest BCUT2D eigenvalue weighted by Crippen LogP contribution is -2.07. The van der Waals surface area contributed by atoms with E-state index in [1.165, 1.54) is 14.7 Å². The molecule has 3 rings (SSSR count). The Morgan fingerprint density at radius 2 is 1.21 bits per heavy atom. The molecule has 3 aromatic rings. The molecule has 0 fully saturated rings. The van der Waals surface area contributed by atoms with E-state index in [0.29, 0.717) is 12.2 Å². The molecule has 3 heteroatoms. The summed E-state index contributed by atoms with van der Waals surface area (Å²) in [4.78, 5) is 15.5. The van der Waals surface area contributed by atoms with Crippen molar-refractivity contribution in [2.75, 3.05) is 6.61 Å². The number of hydrogen-bond acceptors (Lipinski definition) is 2. The Kier molecular flexibility index (Phi) is 5.34. The average Bonchev–Trinajstić information content (AvgIpc) is 2.64. The van der Waals surface area contributed by atoms with Crippen LogP contribution in [0.3, 0.4) is 0 Å². The molecular weight excluding hydrogens is 316 g/mol. The van der Waals surface area contributed by atoms with Crippen molar-refractivity contribution in [3.63, 3.8) is 0 Å². The summed E-state index contributed by atoms with van der Waals surface area (Å²) in [5.41, 5.74) is 0.588. The van der Waals surface area contributed by atoms with Crippen LogP contribution in [0, 0.1) is 0 Å². The van der Waals surface area contributed by atoms with Gasteiger partial charge in [0.15, 0.2) is 14.7 Å². The molecule has 0 aliphatic heterocycles. The highest BCUT2D eigenvalue weighted by molar-refractivity contribution is 7.97. The van der Waals surface area contributed by atoms with Crippen molar-refractivity contribution in [3.05, 3.63) is 90.5 Å². The Labute approximate surface area is 145 Å². The number of benzene rings is 3. The van der Waals surface area contributed by atoms with E-state index >= 15 is 0 Å². The topological polar surface area (TPSA) is 26.3 Å². The van der Waals surface area contributed by atoms with E-state index in [4.69, 9.17) is 4.74 Å². The molecule has 0 amide bonds. The Morgan fingerprint density at radius 1 is 0.750 bits per heavy atom. The average molecular weight is 335 g/mol. The molecule has 0 saturated carbocycles. The molecule has 0 heterocycles. The van der Waals surface area contributed by atoms with Crippen LogP contribution in [0.2, 0.25) is 0 Å². The van der Waals surface area contributed by atoms with Gasteiger partial charge in [0, 0.05) is 0 Å². The first-order valence-electron chi connectivity index (χ1n) is 7.91. The summed E-state index contributed by atoms with van der Waals surface area (Å²) in [7, 11) is -0.192. The molecule has 0 aliphatic rings. The van der Waals surface area contributed by atoms with Crippen LogP contribution in [0.15, 0.2) is 99.6 Å². The third-order valence-electron chi connectivity index (χ3n) is 3.56. The normalized spacial score (nSPS) is 10.6. The van der Waals surface area contributed by atoms with E-state index in [1.54, 1.807) is 0 Å². The number of rotatable bonds is 5. The number of carbonyl (C=O) groups is 1. The van der Waals surface area contributed by atoms with Crippen LogP contribution in [0.1, 0.15) is 17.3 Å². The van der Waals surface area contributed by atoms with Gasteiger partial charge in [-0.05, 0) is 55.5 Å². The maximum absolute atomic E-state index is 11.8. The van der Waals surface area contributed by atoms with Gasteiger partial charge >= 0.3 is 5.97 Å². The van der Waals surface area contributed by atoms with Crippen LogP contribution in [-0.4, -0.2) is 12.6 Å². The van der Waals surface area contributed by atoms with Crippen LogP contribution >= 0.6 is 0 Å². The van der Waals surface area contributed by atoms with E-state index in [9.17, 15) is 4.79 Å². The first kappa shape index (κ1) is 16.3. The Balaban J connectivity index is 1.99. The predicted octanol–water partition coefficient (Wildman–Crippen LogP) is 4.96. The zero-order valence-electron chi connectivity index (χ0n) is 13.5. The molecule has 0 aromatic heterocycles. The van der Waals surface area contributed by atoms with Crippen molar-refractivity contribution in [2.24, 2.45) is 0 Å². The summed E-state index contributed by atoms with van der Waals surface area (Å²) in [6, 6.07) is 28.6. The van der Waals surface area contributed by atoms with Crippen LogP contribution in [-0.2, 0) is 15.6 Å². The summed E-state index contributed by atoms with van der Waals surface area (Å²) in [5.74, 6) is -0.275. The van der Waals surface area contributed by atoms with Gasteiger partial charge in [0.05, 0.1) is 23.1 Å². The van der Waals surface area contributed by atoms with Gasteiger partial charge in [-0.2, -0.15) is 0 Å². The van der Waals surface area contributed by atoms with Crippen LogP contribution in [0.4, 0.5) is 0 Å². The minimum atomic E-state index is -0.275. The van der Waals surface area contributed by atoms with Gasteiger partial charge < -0.3 is 4.74 Å². The molecule has 3 aromatic carbocycles. The molecule has 0 radical (unpaired) electrons. The van der Waals surface area contributed by atoms with Gasteiger partial charge in [-0.25, -0.2) is 4.79 Å². The van der Waals surface area contributed by atoms with Gasteiger partial charge in [-0.15, -0.1) is 0 Å². The first-order chi connectivity index (χ1) is 11.8. The highest BCUT2D eigenvalue weighted by atomic mass is 32.2. The summed E-state index contributed by atoms with van der Waals surface area (Å²) >= 11 is 0. The monoisotopic (exact) mass is 335 g/mol. The predicted molar refractivity (Wildman–Crippen MR) is 97.4 cm³/mol. The van der Waals surface area contributed by atoms with Crippen molar-refractivity contribution in [1.82, 2.24) is 0 Å². The molecule has 0 saturated heterocycles. The summed E-state index contributed by atoms with van der Waals surface area (Å²) in [5, 5.41) is 0. The molecule has 0 bridgehead atoms. The quantitative estimate of drug-likeness (QED) is 0.487. The lowest BCUT2D eigenvalue weighted by Gasteiger charge is -2.08. The lowest BCUT2D eigenvalue weighted by atomic mass is 10.2. The molecular formula is C21H19O2S+. The van der Waals surface area contributed by atoms with Crippen LogP contribution in [0.25, 0.3) is 0 Å². The summed E-state index contributed by atoms with van der Waals surface area (Å²) in [6.45, 7) is 2.20. The van der Waals surface area contributed by atoms with Crippen molar-refractivity contribution < 1.29 is 9.53 Å². The van der Waals surface area contributed by atoms with E-state index in [-0.39, 0.29) is 16.9 Å². The van der Waals surface area contributed by atoms with E-state index < -0.39 is 0 Å². The maximum Gasteiger partial charge on any atom is 0.338 e. The Hall–Kier alpha value is -2.52. The van der Waals surface area contributed by atoms with E-state index in [1.807, 2.05) is 43.3 Å². The van der Waals surface area contributed by atoms with Crippen LogP contribution < -0.4 is 0 Å². The van der Waals surface area contributed by atoms with Gasteiger partial charge in [0.25, 0.3) is 0 Å². The number of ether oxygens (including phenoxy) is 1. The minimum Gasteiger partial charge on any atom is -0.462 e. The standard InChI is InChI=1S/C21H19O2S/c1-2-23-21(22)17-13-15-20(16-14-17)24(18-9-5-3-6-10-18)19-11-7-4-8-12-19/h3-16H,2H2,1H3/q+1. The van der Waals surface area contributed by atoms with Crippen molar-refractivity contribution in [1.29, 1.82) is 0 Å². The molecule has 24 heavy (non-hydrogen) atoms. The second kappa shape index (κ2) is 7.84. The fourth-order valence-electron chi connectivity index (χ4n) is 2.46. The Morgan fingerprint density at radius 3 is 1.67 bits per heavy atom. The molecule has 0 N–H and O–H groups in total. The molecule has 2 nitrogen and oxygen atoms in total. The van der Waals surface area contributed by atoms with Gasteiger partial charge in [-0.1, -0.05) is 36.4 Å². The zero-order chi connectivity index (χ0) is 16.8. The SMILES string of the molecule is CCOC(=O)c1ccc([S+](c2ccccc2)c2ccccc2)cc1. The molecule has 0 atom stereocenters. The maximum atomic E-state index is 11.8.